The standard InChI is InChI=1S/C22H16ClN3S/c23-19-11-12-24-22(25-19)26-16-7-3-1-6-15(16)20-17(26)10-9-14-13-5-2-4-8-18(13)27-21(14)20/h1-12,19,22,24-25H. The van der Waals surface area contributed by atoms with Crippen LogP contribution in [0, 0.1) is 0 Å². The molecule has 0 aliphatic carbocycles. The molecule has 0 amide bonds. The number of hydrogen-bond acceptors (Lipinski definition) is 3. The van der Waals surface area contributed by atoms with Crippen molar-refractivity contribution >= 4 is 64.9 Å². The highest BCUT2D eigenvalue weighted by Crippen LogP contribution is 2.42. The average Bonchev–Trinajstić information content (AvgIpc) is 3.23. The van der Waals surface area contributed by atoms with E-state index in [4.69, 9.17) is 11.6 Å². The van der Waals surface area contributed by atoms with Gasteiger partial charge in [0.1, 0.15) is 5.50 Å². The molecule has 2 N–H and O–H groups in total. The molecule has 0 saturated carbocycles. The minimum Gasteiger partial charge on any atom is -0.359 e. The second-order valence-corrected chi connectivity index (χ2v) is 8.34. The number of nitrogens with one attached hydrogen (secondary N) is 2. The van der Waals surface area contributed by atoms with E-state index < -0.39 is 0 Å². The molecule has 3 aromatic carbocycles. The zero-order valence-electron chi connectivity index (χ0n) is 14.3. The molecule has 0 fully saturated rings. The van der Waals surface area contributed by atoms with Gasteiger partial charge in [0.2, 0.25) is 0 Å². The van der Waals surface area contributed by atoms with Crippen molar-refractivity contribution in [2.24, 2.45) is 0 Å². The molecular weight excluding hydrogens is 374 g/mol. The molecule has 1 aliphatic heterocycles. The largest absolute Gasteiger partial charge is 0.359 e. The first-order valence-corrected chi connectivity index (χ1v) is 10.2. The minimum atomic E-state index is -0.194. The Kier molecular flexibility index (Phi) is 3.29. The Morgan fingerprint density at radius 1 is 0.852 bits per heavy atom. The van der Waals surface area contributed by atoms with E-state index in [-0.39, 0.29) is 11.8 Å². The van der Waals surface area contributed by atoms with Gasteiger partial charge in [-0.3, -0.25) is 5.32 Å². The second-order valence-electron chi connectivity index (χ2n) is 6.82. The highest BCUT2D eigenvalue weighted by molar-refractivity contribution is 7.26. The number of alkyl halides is 1. The van der Waals surface area contributed by atoms with Gasteiger partial charge in [0.15, 0.2) is 6.29 Å². The molecule has 0 radical (unpaired) electrons. The quantitative estimate of drug-likeness (QED) is 0.276. The number of aromatic nitrogens is 1. The fraction of sp³-hybridized carbons (Fsp3) is 0.0909. The first-order valence-electron chi connectivity index (χ1n) is 8.97. The Bertz CT molecular complexity index is 1360. The van der Waals surface area contributed by atoms with Crippen molar-refractivity contribution in [3.8, 4) is 0 Å². The van der Waals surface area contributed by atoms with Crippen molar-refractivity contribution in [1.82, 2.24) is 15.2 Å². The highest BCUT2D eigenvalue weighted by Gasteiger charge is 2.22. The molecule has 2 aromatic heterocycles. The Hall–Kier alpha value is -2.53. The summed E-state index contributed by atoms with van der Waals surface area (Å²) in [4.78, 5) is 0. The van der Waals surface area contributed by atoms with Crippen molar-refractivity contribution in [2.45, 2.75) is 11.8 Å². The van der Waals surface area contributed by atoms with E-state index in [2.05, 4.69) is 75.9 Å². The molecule has 5 heteroatoms. The minimum absolute atomic E-state index is 0.0910. The first kappa shape index (κ1) is 15.5. The molecule has 27 heavy (non-hydrogen) atoms. The summed E-state index contributed by atoms with van der Waals surface area (Å²) in [5, 5.41) is 12.1. The van der Waals surface area contributed by atoms with Crippen LogP contribution in [-0.2, 0) is 0 Å². The van der Waals surface area contributed by atoms with Gasteiger partial charge in [-0.05, 0) is 30.5 Å². The lowest BCUT2D eigenvalue weighted by molar-refractivity contribution is 0.373. The molecule has 0 saturated heterocycles. The monoisotopic (exact) mass is 389 g/mol. The van der Waals surface area contributed by atoms with Crippen LogP contribution in [0.2, 0.25) is 0 Å². The summed E-state index contributed by atoms with van der Waals surface area (Å²) in [6, 6.07) is 21.7. The third kappa shape index (κ3) is 2.18. The maximum absolute atomic E-state index is 6.33. The van der Waals surface area contributed by atoms with Gasteiger partial charge in [-0.1, -0.05) is 42.5 Å². The van der Waals surface area contributed by atoms with E-state index in [9.17, 15) is 0 Å². The van der Waals surface area contributed by atoms with Crippen molar-refractivity contribution in [2.75, 3.05) is 0 Å². The average molecular weight is 390 g/mol. The van der Waals surface area contributed by atoms with Crippen molar-refractivity contribution in [3.63, 3.8) is 0 Å². The summed E-state index contributed by atoms with van der Waals surface area (Å²) in [7, 11) is 0. The molecule has 2 unspecified atom stereocenters. The first-order chi connectivity index (χ1) is 13.3. The lowest BCUT2D eigenvalue weighted by Gasteiger charge is -2.27. The third-order valence-electron chi connectivity index (χ3n) is 5.31. The van der Waals surface area contributed by atoms with E-state index >= 15 is 0 Å². The highest BCUT2D eigenvalue weighted by atomic mass is 35.5. The fourth-order valence-corrected chi connectivity index (χ4v) is 5.63. The van der Waals surface area contributed by atoms with Gasteiger partial charge in [-0.25, -0.2) is 0 Å². The Balaban J connectivity index is 1.77. The molecule has 0 bridgehead atoms. The van der Waals surface area contributed by atoms with Crippen LogP contribution in [0.4, 0.5) is 0 Å². The van der Waals surface area contributed by atoms with Gasteiger partial charge in [0, 0.05) is 30.9 Å². The van der Waals surface area contributed by atoms with Gasteiger partial charge >= 0.3 is 0 Å². The van der Waals surface area contributed by atoms with Crippen molar-refractivity contribution in [1.29, 1.82) is 0 Å². The molecule has 132 valence electrons. The normalized spacial score (nSPS) is 20.0. The number of thiophene rings is 1. The van der Waals surface area contributed by atoms with Gasteiger partial charge < -0.3 is 9.88 Å². The third-order valence-corrected chi connectivity index (χ3v) is 6.79. The maximum atomic E-state index is 6.33. The number of halogens is 1. The van der Waals surface area contributed by atoms with Gasteiger partial charge in [0.25, 0.3) is 0 Å². The summed E-state index contributed by atoms with van der Waals surface area (Å²) in [6.45, 7) is 0. The lowest BCUT2D eigenvalue weighted by Crippen LogP contribution is -2.42. The molecule has 0 spiro atoms. The van der Waals surface area contributed by atoms with Gasteiger partial charge in [-0.2, -0.15) is 0 Å². The van der Waals surface area contributed by atoms with Crippen LogP contribution >= 0.6 is 22.9 Å². The van der Waals surface area contributed by atoms with E-state index in [1.54, 1.807) is 0 Å². The summed E-state index contributed by atoms with van der Waals surface area (Å²) in [5.74, 6) is 0. The number of hydrogen-bond donors (Lipinski definition) is 2. The lowest BCUT2D eigenvalue weighted by atomic mass is 10.1. The van der Waals surface area contributed by atoms with E-state index in [1.807, 2.05) is 23.6 Å². The SMILES string of the molecule is ClC1C=CNC(n2c3ccccc3c3c4sc5ccccc5c4ccc32)N1. The van der Waals surface area contributed by atoms with Crippen LogP contribution in [0.5, 0.6) is 0 Å². The Morgan fingerprint density at radius 3 is 2.56 bits per heavy atom. The van der Waals surface area contributed by atoms with Crippen LogP contribution in [0.15, 0.2) is 72.9 Å². The number of nitrogens with zero attached hydrogens (tertiary/aromatic N) is 1. The molecule has 6 rings (SSSR count). The van der Waals surface area contributed by atoms with Crippen LogP contribution in [-0.4, -0.2) is 10.1 Å². The fourth-order valence-electron chi connectivity index (χ4n) is 4.18. The summed E-state index contributed by atoms with van der Waals surface area (Å²) < 4.78 is 4.99. The Morgan fingerprint density at radius 2 is 1.67 bits per heavy atom. The van der Waals surface area contributed by atoms with Crippen LogP contribution in [0.25, 0.3) is 42.0 Å². The van der Waals surface area contributed by atoms with E-state index in [0.29, 0.717) is 0 Å². The smallest absolute Gasteiger partial charge is 0.160 e. The topological polar surface area (TPSA) is 29.0 Å². The molecule has 5 aromatic rings. The van der Waals surface area contributed by atoms with Crippen molar-refractivity contribution in [3.05, 3.63) is 72.9 Å². The number of fused-ring (bicyclic) bond motifs is 7. The number of benzene rings is 3. The molecular formula is C22H16ClN3S. The van der Waals surface area contributed by atoms with E-state index in [1.165, 1.54) is 42.0 Å². The zero-order chi connectivity index (χ0) is 18.0. The van der Waals surface area contributed by atoms with Crippen LogP contribution < -0.4 is 10.6 Å². The van der Waals surface area contributed by atoms with Crippen LogP contribution in [0.1, 0.15) is 6.29 Å². The molecule has 1 aliphatic rings. The number of rotatable bonds is 1. The maximum Gasteiger partial charge on any atom is 0.160 e. The predicted octanol–water partition coefficient (Wildman–Crippen LogP) is 5.89. The second kappa shape index (κ2) is 5.73. The van der Waals surface area contributed by atoms with Crippen molar-refractivity contribution < 1.29 is 0 Å². The number of para-hydroxylation sites is 1. The van der Waals surface area contributed by atoms with Gasteiger partial charge in [0.05, 0.1) is 11.0 Å². The van der Waals surface area contributed by atoms with E-state index in [0.717, 1.165) is 0 Å². The molecule has 2 atom stereocenters. The Labute approximate surface area is 164 Å². The summed E-state index contributed by atoms with van der Waals surface area (Å²) in [6.07, 6.45) is 3.75. The predicted molar refractivity (Wildman–Crippen MR) is 116 cm³/mol. The zero-order valence-corrected chi connectivity index (χ0v) is 15.9. The van der Waals surface area contributed by atoms with Crippen LogP contribution in [0.3, 0.4) is 0 Å². The van der Waals surface area contributed by atoms with Gasteiger partial charge in [-0.15, -0.1) is 22.9 Å². The summed E-state index contributed by atoms with van der Waals surface area (Å²) >= 11 is 8.20. The molecule has 3 heterocycles. The molecule has 3 nitrogen and oxygen atoms in total. The summed E-state index contributed by atoms with van der Waals surface area (Å²) in [5.41, 5.74) is 2.21.